The zero-order valence-corrected chi connectivity index (χ0v) is 18.0. The van der Waals surface area contributed by atoms with Crippen molar-refractivity contribution in [3.63, 3.8) is 0 Å². The molecule has 1 aromatic heterocycles. The van der Waals surface area contributed by atoms with E-state index >= 15 is 0 Å². The molecule has 5 heteroatoms. The number of ether oxygens (including phenoxy) is 2. The van der Waals surface area contributed by atoms with Crippen molar-refractivity contribution in [3.05, 3.63) is 69.7 Å². The number of nitrogens with zero attached hydrogens (tertiary/aromatic N) is 1. The summed E-state index contributed by atoms with van der Waals surface area (Å²) in [7, 11) is 0. The molecule has 0 saturated carbocycles. The average Bonchev–Trinajstić information content (AvgIpc) is 3.24. The van der Waals surface area contributed by atoms with Gasteiger partial charge >= 0.3 is 0 Å². The van der Waals surface area contributed by atoms with Crippen molar-refractivity contribution < 1.29 is 9.47 Å². The second-order valence-corrected chi connectivity index (χ2v) is 9.14. The number of nitrogen functional groups attached to an aromatic ring is 1. The smallest absolute Gasteiger partial charge is 0.231 e. The number of benzene rings is 2. The van der Waals surface area contributed by atoms with Crippen LogP contribution < -0.4 is 15.2 Å². The highest BCUT2D eigenvalue weighted by Crippen LogP contribution is 2.36. The van der Waals surface area contributed by atoms with Crippen LogP contribution in [0.1, 0.15) is 48.0 Å². The van der Waals surface area contributed by atoms with E-state index in [0.717, 1.165) is 23.6 Å². The molecule has 28 heavy (non-hydrogen) atoms. The van der Waals surface area contributed by atoms with E-state index in [-0.39, 0.29) is 5.41 Å². The first kappa shape index (κ1) is 20.2. The summed E-state index contributed by atoms with van der Waals surface area (Å²) in [6, 6.07) is 14.4. The molecule has 4 nitrogen and oxygen atoms in total. The lowest BCUT2D eigenvalue weighted by molar-refractivity contribution is 0.174. The van der Waals surface area contributed by atoms with E-state index in [1.165, 1.54) is 21.6 Å². The first-order valence-electron chi connectivity index (χ1n) is 9.40. The number of aromatic nitrogens is 1. The van der Waals surface area contributed by atoms with Gasteiger partial charge in [0.25, 0.3) is 0 Å². The molecule has 2 heterocycles. The molecule has 1 aliphatic heterocycles. The molecule has 2 N–H and O–H groups in total. The van der Waals surface area contributed by atoms with Gasteiger partial charge in [-0.1, -0.05) is 51.1 Å². The van der Waals surface area contributed by atoms with Crippen LogP contribution in [0.3, 0.4) is 0 Å². The average molecular weight is 397 g/mol. The minimum absolute atomic E-state index is 0.000206. The Hall–Kier alpha value is -2.53. The number of anilines is 1. The number of fused-ring (bicyclic) bond motifs is 1. The summed E-state index contributed by atoms with van der Waals surface area (Å²) < 4.78 is 10.8. The van der Waals surface area contributed by atoms with Gasteiger partial charge in [-0.2, -0.15) is 0 Å². The van der Waals surface area contributed by atoms with Gasteiger partial charge in [0.2, 0.25) is 6.79 Å². The molecule has 2 aromatic carbocycles. The first-order chi connectivity index (χ1) is 13.2. The maximum absolute atomic E-state index is 5.88. The molecule has 0 spiro atoms. The Bertz CT molecular complexity index is 936. The summed E-state index contributed by atoms with van der Waals surface area (Å²) in [4.78, 5) is 5.71. The first-order valence-corrected chi connectivity index (χ1v) is 10.2. The lowest BCUT2D eigenvalue weighted by Crippen LogP contribution is -2.14. The second kappa shape index (κ2) is 8.23. The normalized spacial score (nSPS) is 12.5. The van der Waals surface area contributed by atoms with Gasteiger partial charge in [-0.05, 0) is 42.7 Å². The SMILES string of the molecule is CC(C)(C)c1nc(N)sc1Cc1ccc2c(c1)OCO2.Cc1ccccc1C. The van der Waals surface area contributed by atoms with Crippen molar-refractivity contribution >= 4 is 16.5 Å². The monoisotopic (exact) mass is 396 g/mol. The van der Waals surface area contributed by atoms with Gasteiger partial charge in [-0.15, -0.1) is 11.3 Å². The number of rotatable bonds is 2. The van der Waals surface area contributed by atoms with Crippen LogP contribution in [0.2, 0.25) is 0 Å². The molecule has 0 radical (unpaired) electrons. The topological polar surface area (TPSA) is 57.4 Å². The summed E-state index contributed by atoms with van der Waals surface area (Å²) in [6.45, 7) is 11.0. The van der Waals surface area contributed by atoms with Gasteiger partial charge in [-0.25, -0.2) is 4.98 Å². The minimum atomic E-state index is -0.000206. The Morgan fingerprint density at radius 3 is 2.25 bits per heavy atom. The standard InChI is InChI=1S/C15H18N2O2S.C8H10/c1-15(2,3)13-12(20-14(16)17-13)7-9-4-5-10-11(6-9)19-8-18-10;1-7-5-3-4-6-8(7)2/h4-6H,7-8H2,1-3H3,(H2,16,17);3-6H,1-2H3. The molecule has 0 fully saturated rings. The third-order valence-electron chi connectivity index (χ3n) is 4.65. The predicted molar refractivity (Wildman–Crippen MR) is 117 cm³/mol. The zero-order chi connectivity index (χ0) is 20.3. The largest absolute Gasteiger partial charge is 0.454 e. The summed E-state index contributed by atoms with van der Waals surface area (Å²) in [5.74, 6) is 1.63. The van der Waals surface area contributed by atoms with E-state index in [4.69, 9.17) is 15.2 Å². The van der Waals surface area contributed by atoms with Crippen LogP contribution in [0.25, 0.3) is 0 Å². The quantitative estimate of drug-likeness (QED) is 0.608. The van der Waals surface area contributed by atoms with Crippen LogP contribution >= 0.6 is 11.3 Å². The van der Waals surface area contributed by atoms with Crippen LogP contribution in [-0.4, -0.2) is 11.8 Å². The third kappa shape index (κ3) is 4.84. The Morgan fingerprint density at radius 1 is 1.00 bits per heavy atom. The highest BCUT2D eigenvalue weighted by molar-refractivity contribution is 7.15. The Labute approximate surface area is 171 Å². The number of nitrogens with two attached hydrogens (primary N) is 1. The minimum Gasteiger partial charge on any atom is -0.454 e. The van der Waals surface area contributed by atoms with Crippen molar-refractivity contribution in [1.82, 2.24) is 4.98 Å². The molecule has 0 bridgehead atoms. The number of aryl methyl sites for hydroxylation is 2. The van der Waals surface area contributed by atoms with Crippen LogP contribution in [0.5, 0.6) is 11.5 Å². The molecule has 0 saturated heterocycles. The van der Waals surface area contributed by atoms with E-state index in [2.05, 4.69) is 69.9 Å². The molecule has 0 unspecified atom stereocenters. The van der Waals surface area contributed by atoms with Crippen molar-refractivity contribution in [2.45, 2.75) is 46.5 Å². The maximum atomic E-state index is 5.88. The molecule has 0 atom stereocenters. The lowest BCUT2D eigenvalue weighted by Gasteiger charge is -2.17. The summed E-state index contributed by atoms with van der Waals surface area (Å²) in [6.07, 6.45) is 0.818. The fourth-order valence-corrected chi connectivity index (χ4v) is 4.05. The number of hydrogen-bond acceptors (Lipinski definition) is 5. The lowest BCUT2D eigenvalue weighted by atomic mass is 9.90. The number of hydrogen-bond donors (Lipinski definition) is 1. The highest BCUT2D eigenvalue weighted by Gasteiger charge is 2.23. The molecule has 3 aromatic rings. The van der Waals surface area contributed by atoms with E-state index in [1.54, 1.807) is 11.3 Å². The maximum Gasteiger partial charge on any atom is 0.231 e. The van der Waals surface area contributed by atoms with Crippen LogP contribution in [0, 0.1) is 13.8 Å². The molecule has 0 amide bonds. The fraction of sp³-hybridized carbons (Fsp3) is 0.348. The Kier molecular flexibility index (Phi) is 5.94. The zero-order valence-electron chi connectivity index (χ0n) is 17.2. The number of thiazole rings is 1. The molecule has 0 aliphatic carbocycles. The van der Waals surface area contributed by atoms with E-state index in [9.17, 15) is 0 Å². The van der Waals surface area contributed by atoms with E-state index in [1.807, 2.05) is 12.1 Å². The molecule has 4 rings (SSSR count). The second-order valence-electron chi connectivity index (χ2n) is 8.02. The van der Waals surface area contributed by atoms with Gasteiger partial charge in [-0.3, -0.25) is 0 Å². The Balaban J connectivity index is 0.000000236. The highest BCUT2D eigenvalue weighted by atomic mass is 32.1. The van der Waals surface area contributed by atoms with Crippen molar-refractivity contribution in [1.29, 1.82) is 0 Å². The van der Waals surface area contributed by atoms with Crippen LogP contribution in [0.4, 0.5) is 5.13 Å². The van der Waals surface area contributed by atoms with Crippen LogP contribution in [0.15, 0.2) is 42.5 Å². The molecule has 148 valence electrons. The van der Waals surface area contributed by atoms with E-state index < -0.39 is 0 Å². The summed E-state index contributed by atoms with van der Waals surface area (Å²) in [5.41, 5.74) is 10.9. The van der Waals surface area contributed by atoms with Crippen LogP contribution in [-0.2, 0) is 11.8 Å². The van der Waals surface area contributed by atoms with Crippen molar-refractivity contribution in [2.75, 3.05) is 12.5 Å². The van der Waals surface area contributed by atoms with Gasteiger partial charge in [0.1, 0.15) is 0 Å². The molecule has 1 aliphatic rings. The molecular formula is C23H28N2O2S. The van der Waals surface area contributed by atoms with Crippen molar-refractivity contribution in [3.8, 4) is 11.5 Å². The van der Waals surface area contributed by atoms with E-state index in [0.29, 0.717) is 11.9 Å². The van der Waals surface area contributed by atoms with Gasteiger partial charge in [0.15, 0.2) is 16.6 Å². The predicted octanol–water partition coefficient (Wildman–Crippen LogP) is 5.65. The van der Waals surface area contributed by atoms with Gasteiger partial charge in [0.05, 0.1) is 5.69 Å². The van der Waals surface area contributed by atoms with Gasteiger partial charge in [0, 0.05) is 16.7 Å². The van der Waals surface area contributed by atoms with Crippen molar-refractivity contribution in [2.24, 2.45) is 0 Å². The fourth-order valence-electron chi connectivity index (χ4n) is 2.97. The molecular weight excluding hydrogens is 368 g/mol. The van der Waals surface area contributed by atoms with Gasteiger partial charge < -0.3 is 15.2 Å². The Morgan fingerprint density at radius 2 is 1.64 bits per heavy atom. The third-order valence-corrected chi connectivity index (χ3v) is 5.54. The summed E-state index contributed by atoms with van der Waals surface area (Å²) >= 11 is 1.56. The summed E-state index contributed by atoms with van der Waals surface area (Å²) in [5, 5.41) is 0.630.